The van der Waals surface area contributed by atoms with Gasteiger partial charge in [0.05, 0.1) is 6.17 Å². The molecule has 45 valence electrons. The third kappa shape index (κ3) is 3.14. The topological polar surface area (TPSA) is 0 Å². The van der Waals surface area contributed by atoms with Gasteiger partial charge < -0.3 is 6.42 Å². The Labute approximate surface area is 75.1 Å². The van der Waals surface area contributed by atoms with Crippen LogP contribution in [0, 0.1) is 6.42 Å². The third-order valence-electron chi connectivity index (χ3n) is 1.37. The van der Waals surface area contributed by atoms with Crippen molar-refractivity contribution in [2.45, 2.75) is 31.9 Å². The Morgan fingerprint density at radius 2 is 1.75 bits per heavy atom. The first-order valence-corrected chi connectivity index (χ1v) is 2.85. The molecule has 0 nitrogen and oxygen atoms in total. The van der Waals surface area contributed by atoms with Gasteiger partial charge in [0, 0.05) is 32.7 Å². The first-order chi connectivity index (χ1) is 3.39. The minimum absolute atomic E-state index is 0. The molecule has 0 unspecified atom stereocenters. The van der Waals surface area contributed by atoms with Gasteiger partial charge in [-0.15, -0.1) is 0 Å². The normalized spacial score (nSPS) is 22.1. The molecule has 0 aromatic rings. The van der Waals surface area contributed by atoms with Crippen molar-refractivity contribution < 1.29 is 37.1 Å². The molecular formula is C6H10FY-. The fourth-order valence-corrected chi connectivity index (χ4v) is 0.886. The summed E-state index contributed by atoms with van der Waals surface area (Å²) in [5.41, 5.74) is 0. The van der Waals surface area contributed by atoms with Crippen LogP contribution in [-0.4, -0.2) is 6.17 Å². The molecule has 1 rings (SSSR count). The van der Waals surface area contributed by atoms with Crippen molar-refractivity contribution in [2.75, 3.05) is 0 Å². The summed E-state index contributed by atoms with van der Waals surface area (Å²) in [6.07, 6.45) is 5.17. The number of alkyl halides is 1. The van der Waals surface area contributed by atoms with E-state index in [0.717, 1.165) is 25.7 Å². The summed E-state index contributed by atoms with van der Waals surface area (Å²) >= 11 is 0. The number of rotatable bonds is 0. The van der Waals surface area contributed by atoms with E-state index in [1.807, 2.05) is 0 Å². The number of hydrogen-bond donors (Lipinski definition) is 0. The van der Waals surface area contributed by atoms with Crippen molar-refractivity contribution in [1.82, 2.24) is 0 Å². The molecule has 0 N–H and O–H groups in total. The quantitative estimate of drug-likeness (QED) is 0.513. The summed E-state index contributed by atoms with van der Waals surface area (Å²) in [7, 11) is 0. The Kier molecular flexibility index (Phi) is 5.50. The molecule has 1 aliphatic rings. The summed E-state index contributed by atoms with van der Waals surface area (Å²) in [6.45, 7) is 0. The van der Waals surface area contributed by atoms with E-state index in [9.17, 15) is 4.39 Å². The van der Waals surface area contributed by atoms with Crippen molar-refractivity contribution in [2.24, 2.45) is 0 Å². The first kappa shape index (κ1) is 9.03. The summed E-state index contributed by atoms with van der Waals surface area (Å²) in [5, 5.41) is 0. The van der Waals surface area contributed by atoms with E-state index in [0.29, 0.717) is 0 Å². The summed E-state index contributed by atoms with van der Waals surface area (Å²) < 4.78 is 12.2. The second-order valence-corrected chi connectivity index (χ2v) is 2.04. The van der Waals surface area contributed by atoms with Crippen LogP contribution in [0.4, 0.5) is 4.39 Å². The molecule has 1 fully saturated rings. The van der Waals surface area contributed by atoms with Gasteiger partial charge in [-0.1, -0.05) is 0 Å². The van der Waals surface area contributed by atoms with Crippen LogP contribution in [0.2, 0.25) is 0 Å². The maximum absolute atomic E-state index is 12.2. The summed E-state index contributed by atoms with van der Waals surface area (Å²) in [6, 6.07) is 0. The van der Waals surface area contributed by atoms with Gasteiger partial charge in [0.2, 0.25) is 0 Å². The largest absolute Gasteiger partial charge is 0.328 e. The molecule has 0 heterocycles. The van der Waals surface area contributed by atoms with Crippen molar-refractivity contribution in [3.63, 3.8) is 0 Å². The zero-order chi connectivity index (χ0) is 5.11. The molecule has 0 aromatic heterocycles. The molecule has 0 amide bonds. The molecular weight excluding hydrogens is 180 g/mol. The van der Waals surface area contributed by atoms with Gasteiger partial charge in [-0.05, 0) is 12.8 Å². The van der Waals surface area contributed by atoms with Gasteiger partial charge in [0.15, 0.2) is 0 Å². The SMILES string of the molecule is FC1CC[CH-]CC1.[Y]. The Hall–Kier alpha value is 1.03. The van der Waals surface area contributed by atoms with Crippen LogP contribution in [0.1, 0.15) is 25.7 Å². The van der Waals surface area contributed by atoms with E-state index in [2.05, 4.69) is 6.42 Å². The van der Waals surface area contributed by atoms with Crippen LogP contribution in [0.5, 0.6) is 0 Å². The molecule has 0 aliphatic heterocycles. The molecule has 1 saturated carbocycles. The predicted octanol–water partition coefficient (Wildman–Crippen LogP) is 2.10. The van der Waals surface area contributed by atoms with Crippen LogP contribution in [0.3, 0.4) is 0 Å². The Morgan fingerprint density at radius 1 is 1.25 bits per heavy atom. The maximum Gasteiger partial charge on any atom is 0.0953 e. The minimum atomic E-state index is -0.495. The minimum Gasteiger partial charge on any atom is -0.328 e. The average Bonchev–Trinajstić information content (AvgIpc) is 1.69. The molecule has 8 heavy (non-hydrogen) atoms. The van der Waals surface area contributed by atoms with Crippen LogP contribution >= 0.6 is 0 Å². The third-order valence-corrected chi connectivity index (χ3v) is 1.37. The van der Waals surface area contributed by atoms with Gasteiger partial charge in [0.25, 0.3) is 0 Å². The molecule has 0 saturated heterocycles. The monoisotopic (exact) mass is 190 g/mol. The molecule has 2 heteroatoms. The van der Waals surface area contributed by atoms with Gasteiger partial charge in [-0.3, -0.25) is 0 Å². The van der Waals surface area contributed by atoms with Crippen LogP contribution < -0.4 is 0 Å². The maximum atomic E-state index is 12.2. The van der Waals surface area contributed by atoms with Gasteiger partial charge >= 0.3 is 0 Å². The second-order valence-electron chi connectivity index (χ2n) is 2.04. The zero-order valence-corrected chi connectivity index (χ0v) is 7.78. The second kappa shape index (κ2) is 4.87. The van der Waals surface area contributed by atoms with E-state index in [4.69, 9.17) is 0 Å². The van der Waals surface area contributed by atoms with Gasteiger partial charge in [-0.2, -0.15) is 12.8 Å². The zero-order valence-electron chi connectivity index (χ0n) is 4.94. The van der Waals surface area contributed by atoms with E-state index < -0.39 is 6.17 Å². The Bertz CT molecular complexity index is 50.5. The Balaban J connectivity index is 0.000000490. The van der Waals surface area contributed by atoms with Crippen molar-refractivity contribution in [3.8, 4) is 0 Å². The van der Waals surface area contributed by atoms with E-state index >= 15 is 0 Å². The standard InChI is InChI=1S/C6H10F.Y/c7-6-4-2-1-3-5-6;/h1,6H,2-5H2;/q-1;. The van der Waals surface area contributed by atoms with Crippen molar-refractivity contribution in [1.29, 1.82) is 0 Å². The smallest absolute Gasteiger partial charge is 0.0953 e. The fourth-order valence-electron chi connectivity index (χ4n) is 0.886. The van der Waals surface area contributed by atoms with Gasteiger partial charge in [0.1, 0.15) is 0 Å². The molecule has 0 atom stereocenters. The summed E-state index contributed by atoms with van der Waals surface area (Å²) in [4.78, 5) is 0. The summed E-state index contributed by atoms with van der Waals surface area (Å²) in [5.74, 6) is 0. The van der Waals surface area contributed by atoms with Crippen molar-refractivity contribution >= 4 is 0 Å². The molecule has 0 spiro atoms. The average molecular weight is 190 g/mol. The molecule has 1 radical (unpaired) electrons. The first-order valence-electron chi connectivity index (χ1n) is 2.85. The molecule has 1 aliphatic carbocycles. The number of hydrogen-bond acceptors (Lipinski definition) is 0. The van der Waals surface area contributed by atoms with Crippen LogP contribution in [0.15, 0.2) is 0 Å². The van der Waals surface area contributed by atoms with Gasteiger partial charge in [-0.25, -0.2) is 4.39 Å². The Morgan fingerprint density at radius 3 is 2.00 bits per heavy atom. The van der Waals surface area contributed by atoms with Crippen molar-refractivity contribution in [3.05, 3.63) is 6.42 Å². The van der Waals surface area contributed by atoms with E-state index in [1.54, 1.807) is 0 Å². The van der Waals surface area contributed by atoms with E-state index in [1.165, 1.54) is 0 Å². The molecule has 0 bridgehead atoms. The van der Waals surface area contributed by atoms with E-state index in [-0.39, 0.29) is 32.7 Å². The number of halogens is 1. The fraction of sp³-hybridized carbons (Fsp3) is 0.833. The molecule has 0 aromatic carbocycles. The van der Waals surface area contributed by atoms with Crippen LogP contribution in [0.25, 0.3) is 0 Å². The predicted molar refractivity (Wildman–Crippen MR) is 27.7 cm³/mol. The van der Waals surface area contributed by atoms with Crippen LogP contribution in [-0.2, 0) is 32.7 Å².